The third kappa shape index (κ3) is 3.69. The Hall–Kier alpha value is -0.620. The van der Waals surface area contributed by atoms with Crippen LogP contribution in [0.25, 0.3) is 0 Å². The van der Waals surface area contributed by atoms with Crippen molar-refractivity contribution in [1.82, 2.24) is 10.2 Å². The summed E-state index contributed by atoms with van der Waals surface area (Å²) in [6, 6.07) is 0.109. The summed E-state index contributed by atoms with van der Waals surface area (Å²) in [5.74, 6) is 0.919. The molecule has 5 nitrogen and oxygen atoms in total. The number of piperidine rings is 1. The Morgan fingerprint density at radius 3 is 2.68 bits per heavy atom. The molecule has 0 spiro atoms. The smallest absolute Gasteiger partial charge is 0.224 e. The zero-order chi connectivity index (χ0) is 14.0. The predicted octanol–water partition coefficient (Wildman–Crippen LogP) is 0.410. The average Bonchev–Trinajstić information content (AvgIpc) is 2.71. The Morgan fingerprint density at radius 2 is 2.11 bits per heavy atom. The maximum Gasteiger partial charge on any atom is 0.224 e. The van der Waals surface area contributed by atoms with E-state index < -0.39 is 9.84 Å². The number of hydrogen-bond donors (Lipinski definition) is 1. The molecule has 1 amide bonds. The van der Waals surface area contributed by atoms with Crippen LogP contribution in [0.3, 0.4) is 0 Å². The summed E-state index contributed by atoms with van der Waals surface area (Å²) in [6.45, 7) is 3.15. The first-order chi connectivity index (χ1) is 8.89. The fourth-order valence-electron chi connectivity index (χ4n) is 3.00. The number of amides is 1. The minimum absolute atomic E-state index is 0.0633. The van der Waals surface area contributed by atoms with E-state index in [2.05, 4.69) is 12.2 Å². The van der Waals surface area contributed by atoms with Crippen molar-refractivity contribution in [1.29, 1.82) is 0 Å². The lowest BCUT2D eigenvalue weighted by Crippen LogP contribution is -2.46. The molecule has 110 valence electrons. The first-order valence-corrected chi connectivity index (χ1v) is 8.90. The van der Waals surface area contributed by atoms with E-state index in [0.717, 1.165) is 13.0 Å². The zero-order valence-corrected chi connectivity index (χ0v) is 12.6. The van der Waals surface area contributed by atoms with Gasteiger partial charge in [-0.3, -0.25) is 4.79 Å². The third-order valence-corrected chi connectivity index (χ3v) is 6.22. The second-order valence-electron chi connectivity index (χ2n) is 5.95. The van der Waals surface area contributed by atoms with E-state index in [9.17, 15) is 13.2 Å². The van der Waals surface area contributed by atoms with Gasteiger partial charge in [0.05, 0.1) is 11.5 Å². The van der Waals surface area contributed by atoms with Crippen LogP contribution >= 0.6 is 0 Å². The van der Waals surface area contributed by atoms with Crippen LogP contribution in [0.15, 0.2) is 0 Å². The maximum absolute atomic E-state index is 12.2. The molecule has 0 saturated carbocycles. The minimum Gasteiger partial charge on any atom is -0.342 e. The molecule has 0 aromatic carbocycles. The van der Waals surface area contributed by atoms with Crippen LogP contribution in [-0.4, -0.2) is 56.4 Å². The Labute approximate surface area is 115 Å². The molecule has 0 bridgehead atoms. The third-order valence-electron chi connectivity index (χ3n) is 4.47. The molecule has 0 aromatic heterocycles. The number of carbonyl (C=O) groups excluding carboxylic acids is 1. The molecule has 6 heteroatoms. The number of nitrogens with zero attached hydrogens (tertiary/aromatic N) is 1. The van der Waals surface area contributed by atoms with E-state index >= 15 is 0 Å². The van der Waals surface area contributed by atoms with Crippen molar-refractivity contribution in [3.05, 3.63) is 0 Å². The molecular formula is C13H24N2O3S. The standard InChI is InChI=1S/C13H24N2O3S/c1-10-4-3-6-14-12(10)8-13(16)15(2)11-5-7-19(17,18)9-11/h10-12,14H,3-9H2,1-2H3. The molecule has 2 saturated heterocycles. The lowest BCUT2D eigenvalue weighted by molar-refractivity contribution is -0.132. The Kier molecular flexibility index (Phi) is 4.50. The van der Waals surface area contributed by atoms with E-state index in [-0.39, 0.29) is 29.5 Å². The number of sulfone groups is 1. The summed E-state index contributed by atoms with van der Waals surface area (Å²) >= 11 is 0. The summed E-state index contributed by atoms with van der Waals surface area (Å²) in [5, 5.41) is 3.40. The molecule has 2 heterocycles. The van der Waals surface area contributed by atoms with Crippen LogP contribution in [0.1, 0.15) is 32.6 Å². The van der Waals surface area contributed by atoms with E-state index in [4.69, 9.17) is 0 Å². The highest BCUT2D eigenvalue weighted by Gasteiger charge is 2.34. The molecule has 2 aliphatic heterocycles. The molecule has 2 aliphatic rings. The molecule has 0 aliphatic carbocycles. The minimum atomic E-state index is -2.93. The van der Waals surface area contributed by atoms with E-state index in [0.29, 0.717) is 18.8 Å². The second-order valence-corrected chi connectivity index (χ2v) is 8.17. The topological polar surface area (TPSA) is 66.5 Å². The number of nitrogens with one attached hydrogen (secondary N) is 1. The summed E-state index contributed by atoms with van der Waals surface area (Å²) in [5.41, 5.74) is 0. The SMILES string of the molecule is CC1CCCNC1CC(=O)N(C)C1CCS(=O)(=O)C1. The monoisotopic (exact) mass is 288 g/mol. The van der Waals surface area contributed by atoms with Gasteiger partial charge in [-0.15, -0.1) is 0 Å². The molecular weight excluding hydrogens is 264 g/mol. The summed E-state index contributed by atoms with van der Waals surface area (Å²) in [6.07, 6.45) is 3.39. The normalized spacial score (nSPS) is 34.1. The maximum atomic E-state index is 12.2. The predicted molar refractivity (Wildman–Crippen MR) is 74.6 cm³/mol. The quantitative estimate of drug-likeness (QED) is 0.817. The van der Waals surface area contributed by atoms with E-state index in [1.165, 1.54) is 6.42 Å². The van der Waals surface area contributed by atoms with Crippen molar-refractivity contribution >= 4 is 15.7 Å². The van der Waals surface area contributed by atoms with Gasteiger partial charge in [0.25, 0.3) is 0 Å². The van der Waals surface area contributed by atoms with Crippen molar-refractivity contribution in [3.8, 4) is 0 Å². The molecule has 0 aromatic rings. The lowest BCUT2D eigenvalue weighted by atomic mass is 9.90. The Balaban J connectivity index is 1.89. The summed E-state index contributed by atoms with van der Waals surface area (Å²) in [7, 11) is -1.19. The van der Waals surface area contributed by atoms with Crippen LogP contribution < -0.4 is 5.32 Å². The molecule has 2 rings (SSSR count). The van der Waals surface area contributed by atoms with Gasteiger partial charge in [0, 0.05) is 25.6 Å². The molecule has 0 radical (unpaired) electrons. The Morgan fingerprint density at radius 1 is 1.37 bits per heavy atom. The van der Waals surface area contributed by atoms with Crippen LogP contribution in [0.4, 0.5) is 0 Å². The van der Waals surface area contributed by atoms with Crippen LogP contribution in [0, 0.1) is 5.92 Å². The highest BCUT2D eigenvalue weighted by Crippen LogP contribution is 2.21. The number of hydrogen-bond acceptors (Lipinski definition) is 4. The second kappa shape index (κ2) is 5.79. The van der Waals surface area contributed by atoms with E-state index in [1.807, 2.05) is 0 Å². The van der Waals surface area contributed by atoms with Crippen LogP contribution in [-0.2, 0) is 14.6 Å². The van der Waals surface area contributed by atoms with Gasteiger partial charge in [0.2, 0.25) is 5.91 Å². The first-order valence-electron chi connectivity index (χ1n) is 7.08. The van der Waals surface area contributed by atoms with Gasteiger partial charge in [-0.05, 0) is 31.7 Å². The van der Waals surface area contributed by atoms with Crippen LogP contribution in [0.2, 0.25) is 0 Å². The van der Waals surface area contributed by atoms with Gasteiger partial charge in [-0.2, -0.15) is 0 Å². The van der Waals surface area contributed by atoms with Gasteiger partial charge < -0.3 is 10.2 Å². The fraction of sp³-hybridized carbons (Fsp3) is 0.923. The van der Waals surface area contributed by atoms with Crippen molar-refractivity contribution in [2.45, 2.75) is 44.7 Å². The summed E-state index contributed by atoms with van der Waals surface area (Å²) < 4.78 is 22.9. The van der Waals surface area contributed by atoms with Crippen molar-refractivity contribution in [3.63, 3.8) is 0 Å². The van der Waals surface area contributed by atoms with Gasteiger partial charge in [0.15, 0.2) is 9.84 Å². The molecule has 3 atom stereocenters. The zero-order valence-electron chi connectivity index (χ0n) is 11.8. The lowest BCUT2D eigenvalue weighted by Gasteiger charge is -2.32. The van der Waals surface area contributed by atoms with Gasteiger partial charge in [-0.25, -0.2) is 8.42 Å². The molecule has 3 unspecified atom stereocenters. The van der Waals surface area contributed by atoms with Gasteiger partial charge in [-0.1, -0.05) is 6.92 Å². The van der Waals surface area contributed by atoms with Crippen molar-refractivity contribution < 1.29 is 13.2 Å². The average molecular weight is 288 g/mol. The highest BCUT2D eigenvalue weighted by atomic mass is 32.2. The largest absolute Gasteiger partial charge is 0.342 e. The van der Waals surface area contributed by atoms with Gasteiger partial charge in [0.1, 0.15) is 0 Å². The van der Waals surface area contributed by atoms with E-state index in [1.54, 1.807) is 11.9 Å². The molecule has 19 heavy (non-hydrogen) atoms. The number of carbonyl (C=O) groups is 1. The van der Waals surface area contributed by atoms with Crippen LogP contribution in [0.5, 0.6) is 0 Å². The van der Waals surface area contributed by atoms with Crippen molar-refractivity contribution in [2.75, 3.05) is 25.1 Å². The Bertz CT molecular complexity index is 435. The molecule has 1 N–H and O–H groups in total. The molecule has 2 fully saturated rings. The van der Waals surface area contributed by atoms with Gasteiger partial charge >= 0.3 is 0 Å². The summed E-state index contributed by atoms with van der Waals surface area (Å²) in [4.78, 5) is 13.9. The number of rotatable bonds is 3. The van der Waals surface area contributed by atoms with Crippen molar-refractivity contribution in [2.24, 2.45) is 5.92 Å². The highest BCUT2D eigenvalue weighted by molar-refractivity contribution is 7.91. The first kappa shape index (κ1) is 14.8. The fourth-order valence-corrected chi connectivity index (χ4v) is 4.78.